The van der Waals surface area contributed by atoms with Crippen LogP contribution < -0.4 is 20.9 Å². The number of nitrogens with two attached hydrogens (primary N) is 2. The van der Waals surface area contributed by atoms with Crippen LogP contribution in [0.3, 0.4) is 0 Å². The van der Waals surface area contributed by atoms with Crippen LogP contribution >= 0.6 is 0 Å². The fourth-order valence-corrected chi connectivity index (χ4v) is 5.24. The molecule has 0 spiro atoms. The Morgan fingerprint density at radius 3 is 2.14 bits per heavy atom. The van der Waals surface area contributed by atoms with Gasteiger partial charge in [0.25, 0.3) is 0 Å². The number of rotatable bonds is 5. The highest BCUT2D eigenvalue weighted by molar-refractivity contribution is 5.82. The van der Waals surface area contributed by atoms with Crippen LogP contribution in [0.25, 0.3) is 0 Å². The van der Waals surface area contributed by atoms with E-state index in [0.717, 1.165) is 21.6 Å². The van der Waals surface area contributed by atoms with E-state index in [4.69, 9.17) is 20.9 Å². The van der Waals surface area contributed by atoms with E-state index in [1.807, 2.05) is 26.8 Å². The molecule has 0 atom stereocenters. The quantitative estimate of drug-likeness (QED) is 0.330. The minimum absolute atomic E-state index is 0.00612. The van der Waals surface area contributed by atoms with E-state index >= 15 is 0 Å². The molecule has 0 saturated heterocycles. The lowest BCUT2D eigenvalue weighted by Gasteiger charge is -2.40. The number of benzene rings is 2. The molecule has 2 aliphatic rings. The number of ether oxygens (including phenoxy) is 2. The van der Waals surface area contributed by atoms with E-state index in [1.54, 1.807) is 32.0 Å². The molecule has 4 N–H and O–H groups in total. The van der Waals surface area contributed by atoms with Crippen LogP contribution in [-0.2, 0) is 29.7 Å². The summed E-state index contributed by atoms with van der Waals surface area (Å²) in [6, 6.07) is 6.95. The molecule has 0 aliphatic carbocycles. The molecular weight excluding hydrogens is 566 g/mol. The second-order valence-electron chi connectivity index (χ2n) is 11.4. The number of nitrogen functional groups attached to an aromatic ring is 2. The van der Waals surface area contributed by atoms with Gasteiger partial charge in [0.05, 0.1) is 30.6 Å². The molecule has 13 heteroatoms. The summed E-state index contributed by atoms with van der Waals surface area (Å²) in [5, 5.41) is 0. The zero-order valence-electron chi connectivity index (χ0n) is 24.4. The minimum atomic E-state index is -4.87. The van der Waals surface area contributed by atoms with Gasteiger partial charge in [0, 0.05) is 31.6 Å². The summed E-state index contributed by atoms with van der Waals surface area (Å²) >= 11 is 0. The molecule has 2 heterocycles. The zero-order valence-corrected chi connectivity index (χ0v) is 24.4. The number of halogens is 6. The Kier molecular flexibility index (Phi) is 9.85. The average molecular weight is 605 g/mol. The van der Waals surface area contributed by atoms with Gasteiger partial charge in [0.15, 0.2) is 0 Å². The molecule has 4 rings (SSSR count). The summed E-state index contributed by atoms with van der Waals surface area (Å²) in [5.41, 5.74) is 15.4. The Morgan fingerprint density at radius 1 is 0.952 bits per heavy atom. The van der Waals surface area contributed by atoms with Crippen LogP contribution in [0.2, 0.25) is 0 Å². The predicted molar refractivity (Wildman–Crippen MR) is 148 cm³/mol. The van der Waals surface area contributed by atoms with Gasteiger partial charge >= 0.3 is 18.3 Å². The molecule has 234 valence electrons. The summed E-state index contributed by atoms with van der Waals surface area (Å²) in [6.07, 6.45) is -8.48. The molecule has 42 heavy (non-hydrogen) atoms. The number of nitrogens with zero attached hydrogens (tertiary/aromatic N) is 2. The first-order chi connectivity index (χ1) is 19.3. The molecule has 0 bridgehead atoms. The van der Waals surface area contributed by atoms with Crippen molar-refractivity contribution in [3.63, 3.8) is 0 Å². The third-order valence-corrected chi connectivity index (χ3v) is 6.93. The molecule has 7 nitrogen and oxygen atoms in total. The highest BCUT2D eigenvalue weighted by Gasteiger charge is 2.46. The van der Waals surface area contributed by atoms with E-state index in [-0.39, 0.29) is 25.7 Å². The SMILES string of the molecule is CC(C)Oc1cc2c(cc1N)CCN(CC(F)(F)F)C2.CCOc1cc2c(cc1N)CN(C(=O)C(F)(F)F)CC2(C)C. The van der Waals surface area contributed by atoms with E-state index in [1.165, 1.54) is 4.90 Å². The van der Waals surface area contributed by atoms with Crippen molar-refractivity contribution in [2.75, 3.05) is 37.7 Å². The van der Waals surface area contributed by atoms with Gasteiger partial charge in [-0.1, -0.05) is 13.8 Å². The first-order valence-electron chi connectivity index (χ1n) is 13.6. The molecule has 2 aromatic rings. The van der Waals surface area contributed by atoms with Crippen LogP contribution in [0, 0.1) is 0 Å². The summed E-state index contributed by atoms with van der Waals surface area (Å²) in [5.74, 6) is -0.754. The predicted octanol–water partition coefficient (Wildman–Crippen LogP) is 5.83. The molecule has 0 aromatic heterocycles. The molecule has 2 aromatic carbocycles. The third kappa shape index (κ3) is 8.36. The monoisotopic (exact) mass is 604 g/mol. The molecular formula is C29H38F6N4O3. The molecule has 0 radical (unpaired) electrons. The lowest BCUT2D eigenvalue weighted by Crippen LogP contribution is -2.49. The Labute approximate surface area is 241 Å². The van der Waals surface area contributed by atoms with Gasteiger partial charge in [-0.3, -0.25) is 9.69 Å². The lowest BCUT2D eigenvalue weighted by atomic mass is 9.78. The van der Waals surface area contributed by atoms with Crippen molar-refractivity contribution in [1.29, 1.82) is 0 Å². The Bertz CT molecular complexity index is 1280. The first kappa shape index (κ1) is 33.2. The van der Waals surface area contributed by atoms with E-state index < -0.39 is 30.2 Å². The van der Waals surface area contributed by atoms with Crippen molar-refractivity contribution in [2.24, 2.45) is 0 Å². The molecule has 1 amide bonds. The topological polar surface area (TPSA) is 94.0 Å². The smallest absolute Gasteiger partial charge is 0.471 e. The summed E-state index contributed by atoms with van der Waals surface area (Å²) < 4.78 is 86.4. The van der Waals surface area contributed by atoms with Gasteiger partial charge in [-0.25, -0.2) is 0 Å². The normalized spacial score (nSPS) is 16.7. The number of carbonyl (C=O) groups excluding carboxylic acids is 1. The van der Waals surface area contributed by atoms with Gasteiger partial charge in [0.2, 0.25) is 0 Å². The molecule has 0 fully saturated rings. The van der Waals surface area contributed by atoms with Crippen LogP contribution in [0.5, 0.6) is 11.5 Å². The number of hydrogen-bond donors (Lipinski definition) is 2. The molecule has 0 saturated carbocycles. The Balaban J connectivity index is 0.000000231. The van der Waals surface area contributed by atoms with Crippen LogP contribution in [0.4, 0.5) is 37.7 Å². The van der Waals surface area contributed by atoms with Crippen molar-refractivity contribution in [3.05, 3.63) is 46.5 Å². The number of fused-ring (bicyclic) bond motifs is 2. The number of hydrogen-bond acceptors (Lipinski definition) is 6. The fourth-order valence-electron chi connectivity index (χ4n) is 5.24. The maximum atomic E-state index is 12.7. The van der Waals surface area contributed by atoms with E-state index in [2.05, 4.69) is 0 Å². The summed E-state index contributed by atoms with van der Waals surface area (Å²) in [6.45, 7) is 9.33. The number of carbonyl (C=O) groups is 1. The highest BCUT2D eigenvalue weighted by atomic mass is 19.4. The van der Waals surface area contributed by atoms with Crippen molar-refractivity contribution in [3.8, 4) is 11.5 Å². The number of amides is 1. The van der Waals surface area contributed by atoms with E-state index in [9.17, 15) is 31.1 Å². The van der Waals surface area contributed by atoms with Gasteiger partial charge in [-0.15, -0.1) is 0 Å². The van der Waals surface area contributed by atoms with Crippen molar-refractivity contribution >= 4 is 17.3 Å². The zero-order chi connectivity index (χ0) is 31.6. The largest absolute Gasteiger partial charge is 0.492 e. The van der Waals surface area contributed by atoms with Crippen LogP contribution in [-0.4, -0.2) is 60.4 Å². The molecule has 2 aliphatic heterocycles. The van der Waals surface area contributed by atoms with Gasteiger partial charge < -0.3 is 25.8 Å². The average Bonchev–Trinajstić information content (AvgIpc) is 2.83. The lowest BCUT2D eigenvalue weighted by molar-refractivity contribution is -0.187. The standard InChI is InChI=1S/C15H19F3N2O2.C14H19F3N2O/c1-4-22-12-6-10-9(5-11(12)19)7-20(8-14(10,2)3)13(21)15(16,17)18;1-9(2)20-13-6-11-7-19(8-14(15,16)17)4-3-10(11)5-12(13)18/h5-6H,4,7-8,19H2,1-3H3;5-6,9H,3-4,7-8,18H2,1-2H3. The Hall–Kier alpha value is -3.35. The minimum Gasteiger partial charge on any atom is -0.492 e. The van der Waals surface area contributed by atoms with Crippen molar-refractivity contribution in [1.82, 2.24) is 9.80 Å². The summed E-state index contributed by atoms with van der Waals surface area (Å²) in [4.78, 5) is 13.7. The second-order valence-corrected chi connectivity index (χ2v) is 11.4. The van der Waals surface area contributed by atoms with Gasteiger partial charge in [-0.05, 0) is 73.7 Å². The van der Waals surface area contributed by atoms with Crippen LogP contribution in [0.15, 0.2) is 24.3 Å². The van der Waals surface area contributed by atoms with E-state index in [0.29, 0.717) is 48.0 Å². The van der Waals surface area contributed by atoms with Crippen LogP contribution in [0.1, 0.15) is 56.9 Å². The second kappa shape index (κ2) is 12.5. The molecule has 0 unspecified atom stereocenters. The van der Waals surface area contributed by atoms with Crippen molar-refractivity contribution < 1.29 is 40.6 Å². The number of alkyl halides is 6. The van der Waals surface area contributed by atoms with Gasteiger partial charge in [0.1, 0.15) is 11.5 Å². The first-order valence-corrected chi connectivity index (χ1v) is 13.6. The van der Waals surface area contributed by atoms with Crippen molar-refractivity contribution in [2.45, 2.75) is 78.0 Å². The maximum Gasteiger partial charge on any atom is 0.471 e. The fraction of sp³-hybridized carbons (Fsp3) is 0.552. The third-order valence-electron chi connectivity index (χ3n) is 6.93. The summed E-state index contributed by atoms with van der Waals surface area (Å²) in [7, 11) is 0. The Morgan fingerprint density at radius 2 is 1.57 bits per heavy atom. The highest BCUT2D eigenvalue weighted by Crippen LogP contribution is 2.39. The maximum absolute atomic E-state index is 12.7. The number of anilines is 2. The van der Waals surface area contributed by atoms with Gasteiger partial charge in [-0.2, -0.15) is 26.3 Å².